The fraction of sp³-hybridized carbons (Fsp3) is 0.147. The average Bonchev–Trinajstić information content (AvgIpc) is 3.43. The van der Waals surface area contributed by atoms with E-state index in [1.54, 1.807) is 55.6 Å². The van der Waals surface area contributed by atoms with Gasteiger partial charge in [-0.2, -0.15) is 0 Å². The van der Waals surface area contributed by atoms with Crippen molar-refractivity contribution in [2.45, 2.75) is 18.0 Å². The molecule has 0 unspecified atom stereocenters. The monoisotopic (exact) mass is 589 g/mol. The van der Waals surface area contributed by atoms with E-state index in [4.69, 9.17) is 4.74 Å². The van der Waals surface area contributed by atoms with Crippen molar-refractivity contribution in [2.75, 3.05) is 12.0 Å². The number of benzene rings is 4. The van der Waals surface area contributed by atoms with Crippen molar-refractivity contribution in [2.24, 2.45) is 5.41 Å². The third kappa shape index (κ3) is 3.29. The summed E-state index contributed by atoms with van der Waals surface area (Å²) in [5, 5.41) is 0. The summed E-state index contributed by atoms with van der Waals surface area (Å²) < 4.78 is 6.20. The third-order valence-electron chi connectivity index (χ3n) is 8.59. The highest BCUT2D eigenvalue weighted by molar-refractivity contribution is 9.10. The lowest BCUT2D eigenvalue weighted by Gasteiger charge is -2.37. The largest absolute Gasteiger partial charge is 0.497 e. The maximum Gasteiger partial charge on any atom is 0.185 e. The summed E-state index contributed by atoms with van der Waals surface area (Å²) in [6.07, 6.45) is 3.91. The van der Waals surface area contributed by atoms with Gasteiger partial charge in [0.1, 0.15) is 17.2 Å². The smallest absolute Gasteiger partial charge is 0.185 e. The number of carbonyl (C=O) groups excluding carboxylic acids is 3. The van der Waals surface area contributed by atoms with Crippen LogP contribution < -0.4 is 9.64 Å². The number of fused-ring (bicyclic) bond motifs is 5. The van der Waals surface area contributed by atoms with E-state index >= 15 is 0 Å². The Morgan fingerprint density at radius 1 is 0.825 bits per heavy atom. The fourth-order valence-corrected chi connectivity index (χ4v) is 7.15. The molecule has 1 saturated heterocycles. The van der Waals surface area contributed by atoms with E-state index in [9.17, 15) is 14.4 Å². The van der Waals surface area contributed by atoms with Gasteiger partial charge >= 0.3 is 0 Å². The highest BCUT2D eigenvalue weighted by Gasteiger charge is 2.71. The van der Waals surface area contributed by atoms with Gasteiger partial charge in [0.25, 0.3) is 0 Å². The summed E-state index contributed by atoms with van der Waals surface area (Å²) in [5.41, 5.74) is 2.36. The molecular weight excluding hydrogens is 566 g/mol. The van der Waals surface area contributed by atoms with Crippen LogP contribution in [-0.2, 0) is 0 Å². The van der Waals surface area contributed by atoms with Gasteiger partial charge in [-0.15, -0.1) is 0 Å². The first-order valence-electron chi connectivity index (χ1n) is 13.1. The molecule has 40 heavy (non-hydrogen) atoms. The van der Waals surface area contributed by atoms with Crippen LogP contribution in [0.25, 0.3) is 6.08 Å². The number of hydrogen-bond donors (Lipinski definition) is 0. The van der Waals surface area contributed by atoms with E-state index < -0.39 is 23.4 Å². The zero-order valence-electron chi connectivity index (χ0n) is 21.6. The van der Waals surface area contributed by atoms with Crippen LogP contribution in [0.3, 0.4) is 0 Å². The van der Waals surface area contributed by atoms with Gasteiger partial charge in [0.2, 0.25) is 0 Å². The molecular formula is C34H24BrNO4. The van der Waals surface area contributed by atoms with Gasteiger partial charge in [-0.3, -0.25) is 14.4 Å². The van der Waals surface area contributed by atoms with Crippen molar-refractivity contribution in [1.82, 2.24) is 0 Å². The molecule has 0 amide bonds. The quantitative estimate of drug-likeness (QED) is 0.194. The van der Waals surface area contributed by atoms with Gasteiger partial charge in [-0.1, -0.05) is 82.7 Å². The first kappa shape index (κ1) is 24.7. The molecule has 6 heteroatoms. The number of nitrogens with zero attached hydrogens (tertiary/aromatic N) is 1. The Hall–Kier alpha value is -4.29. The molecule has 0 N–H and O–H groups in total. The number of carbonyl (C=O) groups is 3. The molecule has 1 fully saturated rings. The van der Waals surface area contributed by atoms with Crippen LogP contribution in [0.2, 0.25) is 0 Å². The maximum atomic E-state index is 14.6. The summed E-state index contributed by atoms with van der Waals surface area (Å²) in [6, 6.07) is 28.1. The number of rotatable bonds is 4. The Morgan fingerprint density at radius 3 is 2.10 bits per heavy atom. The maximum absolute atomic E-state index is 14.6. The molecule has 196 valence electrons. The molecule has 7 rings (SSSR count). The number of para-hydroxylation sites is 1. The minimum absolute atomic E-state index is 0.154. The lowest BCUT2D eigenvalue weighted by molar-refractivity contribution is 0.0666. The van der Waals surface area contributed by atoms with Crippen LogP contribution in [0.4, 0.5) is 5.69 Å². The summed E-state index contributed by atoms with van der Waals surface area (Å²) in [6.45, 7) is 0. The molecule has 4 aromatic carbocycles. The first-order valence-corrected chi connectivity index (χ1v) is 13.9. The van der Waals surface area contributed by atoms with E-state index in [1.165, 1.54) is 0 Å². The van der Waals surface area contributed by atoms with Crippen LogP contribution in [-0.4, -0.2) is 36.5 Å². The lowest BCUT2D eigenvalue weighted by atomic mass is 9.64. The van der Waals surface area contributed by atoms with Crippen LogP contribution in [0.5, 0.6) is 5.75 Å². The van der Waals surface area contributed by atoms with Gasteiger partial charge in [-0.05, 0) is 53.6 Å². The van der Waals surface area contributed by atoms with Gasteiger partial charge in [0.05, 0.1) is 13.2 Å². The van der Waals surface area contributed by atoms with E-state index in [1.807, 2.05) is 65.6 Å². The molecule has 2 aliphatic heterocycles. The van der Waals surface area contributed by atoms with Crippen LogP contribution in [0, 0.1) is 5.41 Å². The van der Waals surface area contributed by atoms with E-state index in [0.717, 1.165) is 21.3 Å². The Labute approximate surface area is 240 Å². The molecule has 3 atom stereocenters. The van der Waals surface area contributed by atoms with Crippen molar-refractivity contribution in [3.8, 4) is 5.75 Å². The Morgan fingerprint density at radius 2 is 1.45 bits per heavy atom. The molecule has 0 bridgehead atoms. The average molecular weight is 590 g/mol. The summed E-state index contributed by atoms with van der Waals surface area (Å²) in [4.78, 5) is 45.9. The number of anilines is 1. The van der Waals surface area contributed by atoms with Gasteiger partial charge in [0, 0.05) is 32.8 Å². The van der Waals surface area contributed by atoms with Gasteiger partial charge in [0.15, 0.2) is 17.3 Å². The number of Topliss-reactive ketones (excluding diaryl/α,β-unsaturated/α-hetero) is 3. The zero-order valence-corrected chi connectivity index (χ0v) is 23.2. The van der Waals surface area contributed by atoms with E-state index in [2.05, 4.69) is 15.9 Å². The van der Waals surface area contributed by atoms with E-state index in [0.29, 0.717) is 22.4 Å². The molecule has 1 spiro atoms. The predicted molar refractivity (Wildman–Crippen MR) is 157 cm³/mol. The molecule has 3 aliphatic rings. The number of ether oxygens (including phenoxy) is 1. The van der Waals surface area contributed by atoms with Crippen molar-refractivity contribution < 1.29 is 19.1 Å². The summed E-state index contributed by atoms with van der Waals surface area (Å²) >= 11 is 3.52. The first-order chi connectivity index (χ1) is 19.5. The topological polar surface area (TPSA) is 63.7 Å². The molecule has 2 heterocycles. The number of ketones is 3. The normalized spacial score (nSPS) is 21.8. The Balaban J connectivity index is 1.52. The molecule has 5 nitrogen and oxygen atoms in total. The molecule has 0 radical (unpaired) electrons. The van der Waals surface area contributed by atoms with Crippen molar-refractivity contribution in [1.29, 1.82) is 0 Å². The highest BCUT2D eigenvalue weighted by Crippen LogP contribution is 2.61. The zero-order chi connectivity index (χ0) is 27.6. The Kier molecular flexibility index (Phi) is 5.65. The standard InChI is InChI=1S/C34H24BrNO4/c1-40-24-17-12-22(13-18-24)31(37)30-29(21-10-15-23(35)16-11-21)34(32(38)25-7-3-4-8-26(25)33(34)39)28-19-14-20-6-2-5-9-27(20)36(28)30/h2-19,28-30H,1H3/t28-,29-,30+/m1/s1. The number of methoxy groups -OCH3 is 1. The lowest BCUT2D eigenvalue weighted by Crippen LogP contribution is -2.48. The van der Waals surface area contributed by atoms with Crippen molar-refractivity contribution in [3.05, 3.63) is 135 Å². The third-order valence-corrected chi connectivity index (χ3v) is 9.11. The van der Waals surface area contributed by atoms with E-state index in [-0.39, 0.29) is 17.3 Å². The van der Waals surface area contributed by atoms with Crippen LogP contribution in [0.1, 0.15) is 48.1 Å². The molecule has 4 aromatic rings. The summed E-state index contributed by atoms with van der Waals surface area (Å²) in [5.74, 6) is -0.706. The molecule has 0 saturated carbocycles. The minimum atomic E-state index is -1.51. The SMILES string of the molecule is COc1ccc(C(=O)[C@@H]2[C@@H](c3ccc(Br)cc3)C3(C(=O)c4ccccc4C3=O)[C@H]3C=Cc4ccccc4N23)cc1. The van der Waals surface area contributed by atoms with Crippen molar-refractivity contribution in [3.63, 3.8) is 0 Å². The van der Waals surface area contributed by atoms with Gasteiger partial charge < -0.3 is 9.64 Å². The molecule has 0 aromatic heterocycles. The second-order valence-electron chi connectivity index (χ2n) is 10.4. The minimum Gasteiger partial charge on any atom is -0.497 e. The number of halogens is 1. The van der Waals surface area contributed by atoms with Gasteiger partial charge in [-0.25, -0.2) is 0 Å². The van der Waals surface area contributed by atoms with Crippen molar-refractivity contribution >= 4 is 45.0 Å². The second kappa shape index (κ2) is 9.14. The summed E-state index contributed by atoms with van der Waals surface area (Å²) in [7, 11) is 1.58. The fourth-order valence-electron chi connectivity index (χ4n) is 6.89. The Bertz CT molecular complexity index is 1690. The highest BCUT2D eigenvalue weighted by atomic mass is 79.9. The molecule has 1 aliphatic carbocycles. The van der Waals surface area contributed by atoms with Crippen LogP contribution >= 0.6 is 15.9 Å². The number of hydrogen-bond acceptors (Lipinski definition) is 5. The van der Waals surface area contributed by atoms with Crippen LogP contribution in [0.15, 0.2) is 108 Å². The second-order valence-corrected chi connectivity index (χ2v) is 11.3. The predicted octanol–water partition coefficient (Wildman–Crippen LogP) is 6.77.